The summed E-state index contributed by atoms with van der Waals surface area (Å²) in [4.78, 5) is 0. The first kappa shape index (κ1) is 36.2. The second kappa shape index (κ2) is 17.5. The number of hydrogen-bond acceptors (Lipinski definition) is 0. The molecule has 0 unspecified atom stereocenters. The number of aromatic nitrogens is 3. The van der Waals surface area contributed by atoms with Crippen molar-refractivity contribution in [3.63, 3.8) is 0 Å². The Kier molecular flexibility index (Phi) is 12.9. The predicted molar refractivity (Wildman–Crippen MR) is 196 cm³/mol. The smallest absolute Gasteiger partial charge is 0.115 e. The second-order valence-corrected chi connectivity index (χ2v) is 11.3. The molecule has 0 aliphatic carbocycles. The van der Waals surface area contributed by atoms with E-state index in [4.69, 9.17) is 0 Å². The van der Waals surface area contributed by atoms with Gasteiger partial charge in [0.1, 0.15) is 5.69 Å². The largest absolute Gasteiger partial charge is 0.343 e. The molecule has 7 rings (SSSR count). The summed E-state index contributed by atoms with van der Waals surface area (Å²) in [5.41, 5.74) is 12.2. The van der Waals surface area contributed by atoms with Crippen molar-refractivity contribution in [2.75, 3.05) is 0 Å². The fourth-order valence-corrected chi connectivity index (χ4v) is 5.38. The minimum Gasteiger partial charge on any atom is -0.343 e. The van der Waals surface area contributed by atoms with Crippen LogP contribution in [0.3, 0.4) is 0 Å². The van der Waals surface area contributed by atoms with Crippen molar-refractivity contribution in [1.29, 1.82) is 0 Å². The monoisotopic (exact) mass is 815 g/mol. The van der Waals surface area contributed by atoms with Gasteiger partial charge < -0.3 is 13.7 Å². The predicted octanol–water partition coefficient (Wildman–Crippen LogP) is 8.98. The third-order valence-electron chi connectivity index (χ3n) is 7.91. The molecule has 0 aliphatic heterocycles. The van der Waals surface area contributed by atoms with E-state index in [1.54, 1.807) is 0 Å². The molecule has 0 atom stereocenters. The fourth-order valence-electron chi connectivity index (χ4n) is 5.38. The molecule has 0 aliphatic rings. The van der Waals surface area contributed by atoms with Gasteiger partial charge in [-0.2, -0.15) is 37.1 Å². The van der Waals surface area contributed by atoms with Gasteiger partial charge in [-0.05, 0) is 24.1 Å². The van der Waals surface area contributed by atoms with Crippen molar-refractivity contribution in [3.05, 3.63) is 222 Å². The van der Waals surface area contributed by atoms with Gasteiger partial charge in [0.15, 0.2) is 0 Å². The zero-order chi connectivity index (χ0) is 33.9. The maximum Gasteiger partial charge on any atom is 0.115 e. The summed E-state index contributed by atoms with van der Waals surface area (Å²) in [6, 6.07) is 51.8. The topological polar surface area (TPSA) is 11.6 Å². The average Bonchev–Trinajstić information content (AvgIpc) is 3.12. The Hall–Kier alpha value is -5.67. The molecule has 1 radical (unpaired) electrons. The van der Waals surface area contributed by atoms with Crippen LogP contribution in [-0.4, -0.2) is 0 Å². The van der Waals surface area contributed by atoms with Gasteiger partial charge in [-0.1, -0.05) is 90.0 Å². The standard InChI is InChI=1S/C20H18N.C13H12N.C12H10N.Ir/c1-15-9-7-8-12-18(15)20-13-16(2)19(14-21(20)3)17-10-5-4-6-11-17;1-11-7-3-4-8-12(11)13-9-5-6-10-14(13)2;1-13-10-6-5-9-12(13)11-7-3-2-4-8-11;/h4-14H,1,3H2,2H3;3-10H,1-2H2;2-7,9-10H,1H2;/q3*-1;. The Morgan fingerprint density at radius 3 is 1.55 bits per heavy atom. The Labute approximate surface area is 306 Å². The fraction of sp³-hybridized carbons (Fsp3) is 0.0222. The van der Waals surface area contributed by atoms with E-state index in [0.717, 1.165) is 44.9 Å². The van der Waals surface area contributed by atoms with E-state index in [2.05, 4.69) is 96.6 Å². The number of rotatable bonds is 4. The number of pyridine rings is 3. The molecule has 7 aromatic rings. The molecule has 0 N–H and O–H groups in total. The molecular formula is C45H40IrN3-3. The Morgan fingerprint density at radius 1 is 0.490 bits per heavy atom. The number of hydrogen-bond donors (Lipinski definition) is 0. The first-order valence-electron chi connectivity index (χ1n) is 15.7. The summed E-state index contributed by atoms with van der Waals surface area (Å²) < 4.78 is 5.62. The summed E-state index contributed by atoms with van der Waals surface area (Å²) in [7, 11) is 12.0. The van der Waals surface area contributed by atoms with E-state index < -0.39 is 0 Å². The third-order valence-corrected chi connectivity index (χ3v) is 7.91. The van der Waals surface area contributed by atoms with E-state index in [9.17, 15) is 0 Å². The van der Waals surface area contributed by atoms with E-state index in [1.807, 2.05) is 129 Å². The Bertz CT molecular complexity index is 2050. The third kappa shape index (κ3) is 9.24. The molecule has 4 heteroatoms. The summed E-state index contributed by atoms with van der Waals surface area (Å²) in [5.74, 6) is 0. The van der Waals surface area contributed by atoms with Gasteiger partial charge >= 0.3 is 0 Å². The van der Waals surface area contributed by atoms with Gasteiger partial charge in [0.2, 0.25) is 0 Å². The van der Waals surface area contributed by atoms with Crippen LogP contribution in [0.25, 0.3) is 44.9 Å². The van der Waals surface area contributed by atoms with E-state index in [0.29, 0.717) is 0 Å². The van der Waals surface area contributed by atoms with Crippen molar-refractivity contribution >= 4 is 0 Å². The Morgan fingerprint density at radius 2 is 1.00 bits per heavy atom. The van der Waals surface area contributed by atoms with Crippen LogP contribution in [0.5, 0.6) is 0 Å². The number of nitrogens with zero attached hydrogens (tertiary/aromatic N) is 3. The quantitative estimate of drug-likeness (QED) is 0.124. The van der Waals surface area contributed by atoms with Crippen LogP contribution in [-0.2, 0) is 20.1 Å². The van der Waals surface area contributed by atoms with Crippen LogP contribution in [0.1, 0.15) is 16.7 Å². The molecule has 3 nitrogen and oxygen atoms in total. The molecule has 247 valence electrons. The molecule has 0 amide bonds. The molecule has 0 fully saturated rings. The molecule has 3 aromatic heterocycles. The van der Waals surface area contributed by atoms with Crippen molar-refractivity contribution in [2.45, 2.75) is 6.92 Å². The Balaban J connectivity index is 0.000000170. The molecule has 3 heterocycles. The first-order valence-corrected chi connectivity index (χ1v) is 15.7. The van der Waals surface area contributed by atoms with E-state index >= 15 is 0 Å². The molecule has 49 heavy (non-hydrogen) atoms. The van der Waals surface area contributed by atoms with Crippen LogP contribution < -0.4 is 13.7 Å². The molecule has 0 spiro atoms. The minimum atomic E-state index is 0. The number of benzene rings is 4. The second-order valence-electron chi connectivity index (χ2n) is 11.3. The normalized spacial score (nSPS) is 9.98. The first-order chi connectivity index (χ1) is 23.3. The van der Waals surface area contributed by atoms with Crippen LogP contribution >= 0.6 is 0 Å². The van der Waals surface area contributed by atoms with Gasteiger partial charge in [-0.15, -0.1) is 65.7 Å². The summed E-state index contributed by atoms with van der Waals surface area (Å²) in [6.45, 7) is 10.2. The zero-order valence-electron chi connectivity index (χ0n) is 27.8. The molecule has 0 saturated carbocycles. The molecular weight excluding hydrogens is 775 g/mol. The zero-order valence-corrected chi connectivity index (χ0v) is 30.2. The molecule has 4 aromatic carbocycles. The van der Waals surface area contributed by atoms with E-state index in [-0.39, 0.29) is 20.1 Å². The van der Waals surface area contributed by atoms with Crippen molar-refractivity contribution in [3.8, 4) is 44.9 Å². The van der Waals surface area contributed by atoms with Crippen molar-refractivity contribution < 1.29 is 33.8 Å². The van der Waals surface area contributed by atoms with Crippen LogP contribution in [0.4, 0.5) is 0 Å². The minimum absolute atomic E-state index is 0. The van der Waals surface area contributed by atoms with Crippen molar-refractivity contribution in [1.82, 2.24) is 0 Å². The SMILES string of the molecule is [CH2-][n+]1ccccc1-c1[c-]cccc1.[CH2-]c1ccccc1-c1cc(C)c(-c2ccccc2)c[n+]1[CH2-].[CH2-]c1ccccc1-c1cccc[n+]1[CH2-].[Ir]. The van der Waals surface area contributed by atoms with Gasteiger partial charge in [-0.25, -0.2) is 0 Å². The summed E-state index contributed by atoms with van der Waals surface area (Å²) in [5, 5.41) is 0. The maximum absolute atomic E-state index is 4.15. The van der Waals surface area contributed by atoms with E-state index in [1.165, 1.54) is 16.7 Å². The summed E-state index contributed by atoms with van der Waals surface area (Å²) in [6.07, 6.45) is 5.95. The van der Waals surface area contributed by atoms with Gasteiger partial charge in [0.25, 0.3) is 0 Å². The molecule has 0 saturated heterocycles. The molecule has 0 bridgehead atoms. The van der Waals surface area contributed by atoms with Gasteiger partial charge in [0.05, 0.1) is 30.0 Å². The van der Waals surface area contributed by atoms with Crippen LogP contribution in [0.15, 0.2) is 164 Å². The average molecular weight is 815 g/mol. The number of aryl methyl sites for hydroxylation is 1. The summed E-state index contributed by atoms with van der Waals surface area (Å²) >= 11 is 0. The van der Waals surface area contributed by atoms with Crippen LogP contribution in [0, 0.1) is 48.0 Å². The maximum atomic E-state index is 4.15. The van der Waals surface area contributed by atoms with Gasteiger partial charge in [-0.3, -0.25) is 0 Å². The van der Waals surface area contributed by atoms with Crippen LogP contribution in [0.2, 0.25) is 0 Å². The van der Waals surface area contributed by atoms with Gasteiger partial charge in [0, 0.05) is 41.2 Å². The van der Waals surface area contributed by atoms with Crippen molar-refractivity contribution in [2.24, 2.45) is 0 Å².